The van der Waals surface area contributed by atoms with Crippen LogP contribution in [0.4, 0.5) is 13.2 Å². The van der Waals surface area contributed by atoms with Crippen molar-refractivity contribution < 1.29 is 37.1 Å². The number of amides is 2. The number of hydrogen-bond acceptors (Lipinski definition) is 5. The molecule has 124 valence electrons. The van der Waals surface area contributed by atoms with E-state index in [0.717, 1.165) is 12.1 Å². The van der Waals surface area contributed by atoms with Crippen LogP contribution in [0.5, 0.6) is 0 Å². The van der Waals surface area contributed by atoms with E-state index in [4.69, 9.17) is 0 Å². The Kier molecular flexibility index (Phi) is 4.42. The fourth-order valence-corrected chi connectivity index (χ4v) is 2.19. The van der Waals surface area contributed by atoms with Crippen LogP contribution < -0.4 is 0 Å². The van der Waals surface area contributed by atoms with Crippen LogP contribution in [-0.2, 0) is 29.6 Å². The summed E-state index contributed by atoms with van der Waals surface area (Å²) in [5.74, 6) is -3.69. The molecule has 1 aliphatic rings. The largest absolute Gasteiger partial charge is 0.432 e. The van der Waals surface area contributed by atoms with Gasteiger partial charge in [0.05, 0.1) is 0 Å². The van der Waals surface area contributed by atoms with Crippen molar-refractivity contribution in [3.05, 3.63) is 35.9 Å². The van der Waals surface area contributed by atoms with Gasteiger partial charge in [0, 0.05) is 25.5 Å². The van der Waals surface area contributed by atoms with Crippen molar-refractivity contribution in [3.8, 4) is 0 Å². The molecular weight excluding hydrogens is 319 g/mol. The number of carbonyl (C=O) groups excluding carboxylic acids is 3. The minimum atomic E-state index is -5.17. The number of methoxy groups -OCH3 is 1. The van der Waals surface area contributed by atoms with E-state index in [1.165, 1.54) is 18.2 Å². The lowest BCUT2D eigenvalue weighted by atomic mass is 9.93. The number of carbonyl (C=O) groups is 3. The molecule has 1 aliphatic heterocycles. The zero-order valence-electron chi connectivity index (χ0n) is 11.9. The maximum atomic E-state index is 13.6. The Labute approximate surface area is 128 Å². The van der Waals surface area contributed by atoms with E-state index in [0.29, 0.717) is 7.11 Å². The second-order valence-electron chi connectivity index (χ2n) is 4.71. The van der Waals surface area contributed by atoms with Gasteiger partial charge in [0.1, 0.15) is 0 Å². The molecule has 6 nitrogen and oxygen atoms in total. The predicted molar refractivity (Wildman–Crippen MR) is 68.4 cm³/mol. The van der Waals surface area contributed by atoms with Crippen LogP contribution >= 0.6 is 0 Å². The molecule has 0 aromatic heterocycles. The molecule has 1 fully saturated rings. The lowest BCUT2D eigenvalue weighted by Crippen LogP contribution is -2.53. The second-order valence-corrected chi connectivity index (χ2v) is 4.71. The van der Waals surface area contributed by atoms with Gasteiger partial charge in [-0.3, -0.25) is 9.59 Å². The smallest absolute Gasteiger partial charge is 0.355 e. The number of rotatable bonds is 4. The number of benzene rings is 1. The molecule has 2 amide bonds. The van der Waals surface area contributed by atoms with E-state index < -0.39 is 35.1 Å². The van der Waals surface area contributed by atoms with E-state index in [1.54, 1.807) is 0 Å². The molecule has 1 heterocycles. The van der Waals surface area contributed by atoms with Gasteiger partial charge in [-0.15, -0.1) is 5.06 Å². The highest BCUT2D eigenvalue weighted by molar-refractivity contribution is 6.02. The van der Waals surface area contributed by atoms with E-state index in [9.17, 15) is 27.6 Å². The summed E-state index contributed by atoms with van der Waals surface area (Å²) < 4.78 is 45.2. The van der Waals surface area contributed by atoms with Crippen LogP contribution in [0.3, 0.4) is 0 Å². The number of hydrogen-bond donors (Lipinski definition) is 0. The molecule has 0 N–H and O–H groups in total. The van der Waals surface area contributed by atoms with Crippen LogP contribution in [-0.4, -0.2) is 36.1 Å². The highest BCUT2D eigenvalue weighted by Crippen LogP contribution is 2.43. The molecule has 9 heteroatoms. The molecule has 0 spiro atoms. The first-order valence-electron chi connectivity index (χ1n) is 6.49. The lowest BCUT2D eigenvalue weighted by Gasteiger charge is -2.32. The molecular formula is C14H12F3NO5. The van der Waals surface area contributed by atoms with Crippen molar-refractivity contribution in [2.75, 3.05) is 7.11 Å². The maximum absolute atomic E-state index is 13.6. The summed E-state index contributed by atoms with van der Waals surface area (Å²) in [6.45, 7) is 0. The molecule has 1 atom stereocenters. The van der Waals surface area contributed by atoms with Crippen molar-refractivity contribution in [3.63, 3.8) is 0 Å². The number of ether oxygens (including phenoxy) is 1. The molecule has 1 aromatic rings. The van der Waals surface area contributed by atoms with E-state index >= 15 is 0 Å². The molecule has 2 rings (SSSR count). The number of imide groups is 1. The molecule has 1 unspecified atom stereocenters. The average Bonchev–Trinajstić information content (AvgIpc) is 2.80. The molecule has 0 radical (unpaired) electrons. The Morgan fingerprint density at radius 1 is 1.09 bits per heavy atom. The monoisotopic (exact) mass is 331 g/mol. The van der Waals surface area contributed by atoms with Crippen LogP contribution in [0.25, 0.3) is 0 Å². The lowest BCUT2D eigenvalue weighted by molar-refractivity contribution is -0.287. The van der Waals surface area contributed by atoms with E-state index in [2.05, 4.69) is 9.57 Å². The molecule has 0 saturated carbocycles. The third kappa shape index (κ3) is 2.79. The predicted octanol–water partition coefficient (Wildman–Crippen LogP) is 1.70. The highest BCUT2D eigenvalue weighted by atomic mass is 19.4. The van der Waals surface area contributed by atoms with E-state index in [1.807, 2.05) is 0 Å². The van der Waals surface area contributed by atoms with Crippen molar-refractivity contribution in [1.29, 1.82) is 0 Å². The summed E-state index contributed by atoms with van der Waals surface area (Å²) in [7, 11) is 0.690. The van der Waals surface area contributed by atoms with Crippen LogP contribution in [0.1, 0.15) is 18.4 Å². The van der Waals surface area contributed by atoms with Crippen molar-refractivity contribution >= 4 is 17.8 Å². The van der Waals surface area contributed by atoms with Gasteiger partial charge in [-0.2, -0.15) is 13.2 Å². The standard InChI is InChI=1S/C14H12F3NO5/c1-22-13(14(15,16)17,9-5-3-2-4-6-9)12(21)23-18-10(19)7-8-11(18)20/h2-6H,7-8H2,1H3. The summed E-state index contributed by atoms with van der Waals surface area (Å²) in [5.41, 5.74) is -3.98. The Morgan fingerprint density at radius 2 is 1.61 bits per heavy atom. The molecule has 0 aliphatic carbocycles. The summed E-state index contributed by atoms with van der Waals surface area (Å²) in [6, 6.07) is 6.10. The van der Waals surface area contributed by atoms with Gasteiger partial charge in [0.25, 0.3) is 17.4 Å². The normalized spacial score (nSPS) is 18.0. The average molecular weight is 331 g/mol. The van der Waals surface area contributed by atoms with Gasteiger partial charge in [-0.1, -0.05) is 30.3 Å². The number of alkyl halides is 3. The minimum absolute atomic E-state index is 0.0464. The van der Waals surface area contributed by atoms with Crippen molar-refractivity contribution in [1.82, 2.24) is 5.06 Å². The maximum Gasteiger partial charge on any atom is 0.432 e. The Hall–Kier alpha value is -2.42. The SMILES string of the molecule is COC(C(=O)ON1C(=O)CCC1=O)(c1ccccc1)C(F)(F)F. The zero-order chi connectivity index (χ0) is 17.3. The topological polar surface area (TPSA) is 72.9 Å². The summed E-state index contributed by atoms with van der Waals surface area (Å²) in [5, 5.41) is 0.0464. The third-order valence-corrected chi connectivity index (χ3v) is 3.35. The molecule has 23 heavy (non-hydrogen) atoms. The van der Waals surface area contributed by atoms with Crippen LogP contribution in [0.2, 0.25) is 0 Å². The number of hydroxylamine groups is 2. The van der Waals surface area contributed by atoms with Gasteiger partial charge in [-0.05, 0) is 0 Å². The van der Waals surface area contributed by atoms with Crippen molar-refractivity contribution in [2.24, 2.45) is 0 Å². The first kappa shape index (κ1) is 16.9. The zero-order valence-corrected chi connectivity index (χ0v) is 11.9. The van der Waals surface area contributed by atoms with Crippen LogP contribution in [0.15, 0.2) is 30.3 Å². The third-order valence-electron chi connectivity index (χ3n) is 3.35. The molecule has 1 saturated heterocycles. The van der Waals surface area contributed by atoms with Gasteiger partial charge in [0.2, 0.25) is 0 Å². The summed E-state index contributed by atoms with van der Waals surface area (Å²) in [6.07, 6.45) is -5.64. The minimum Gasteiger partial charge on any atom is -0.355 e. The van der Waals surface area contributed by atoms with Crippen LogP contribution in [0, 0.1) is 0 Å². The highest BCUT2D eigenvalue weighted by Gasteiger charge is 2.65. The van der Waals surface area contributed by atoms with Gasteiger partial charge in [-0.25, -0.2) is 4.79 Å². The summed E-state index contributed by atoms with van der Waals surface area (Å²) >= 11 is 0. The molecule has 1 aromatic carbocycles. The fraction of sp³-hybridized carbons (Fsp3) is 0.357. The number of nitrogens with zero attached hydrogens (tertiary/aromatic N) is 1. The quantitative estimate of drug-likeness (QED) is 0.785. The first-order chi connectivity index (χ1) is 10.7. The van der Waals surface area contributed by atoms with Gasteiger partial charge >= 0.3 is 12.1 Å². The van der Waals surface area contributed by atoms with Gasteiger partial charge in [0.15, 0.2) is 0 Å². The Morgan fingerprint density at radius 3 is 2.04 bits per heavy atom. The first-order valence-corrected chi connectivity index (χ1v) is 6.49. The fourth-order valence-electron chi connectivity index (χ4n) is 2.19. The van der Waals surface area contributed by atoms with Gasteiger partial charge < -0.3 is 9.57 Å². The number of halogens is 3. The Balaban J connectivity index is 2.44. The Bertz CT molecular complexity index is 615. The molecule has 0 bridgehead atoms. The van der Waals surface area contributed by atoms with Crippen molar-refractivity contribution in [2.45, 2.75) is 24.6 Å². The summed E-state index contributed by atoms with van der Waals surface area (Å²) in [4.78, 5) is 39.5. The van der Waals surface area contributed by atoms with E-state index in [-0.39, 0.29) is 17.9 Å². The second kappa shape index (κ2) is 5.99.